The van der Waals surface area contributed by atoms with Crippen LogP contribution in [0.5, 0.6) is 0 Å². The van der Waals surface area contributed by atoms with Crippen molar-refractivity contribution in [2.24, 2.45) is 5.92 Å². The van der Waals surface area contributed by atoms with Gasteiger partial charge in [-0.15, -0.1) is 11.3 Å². The summed E-state index contributed by atoms with van der Waals surface area (Å²) in [6, 6.07) is 14.5. The molecule has 0 radical (unpaired) electrons. The van der Waals surface area contributed by atoms with Gasteiger partial charge in [-0.3, -0.25) is 4.79 Å². The molecule has 2 rings (SSSR count). The Labute approximate surface area is 143 Å². The molecule has 0 saturated heterocycles. The minimum Gasteiger partial charge on any atom is -0.338 e. The Kier molecular flexibility index (Phi) is 6.81. The molecule has 0 unspecified atom stereocenters. The van der Waals surface area contributed by atoms with Crippen molar-refractivity contribution in [1.82, 2.24) is 4.90 Å². The van der Waals surface area contributed by atoms with Crippen LogP contribution in [-0.4, -0.2) is 23.9 Å². The van der Waals surface area contributed by atoms with E-state index < -0.39 is 0 Å². The molecular formula is C19H27N2OS+. The maximum absolute atomic E-state index is 12.6. The maximum atomic E-state index is 12.6. The average molecular weight is 332 g/mol. The number of amides is 1. The molecular weight excluding hydrogens is 304 g/mol. The van der Waals surface area contributed by atoms with E-state index in [9.17, 15) is 4.79 Å². The molecule has 0 atom stereocenters. The van der Waals surface area contributed by atoms with Crippen LogP contribution in [0.25, 0.3) is 0 Å². The Morgan fingerprint density at radius 1 is 1.13 bits per heavy atom. The third-order valence-electron chi connectivity index (χ3n) is 3.67. The SMILES string of the molecule is Cc1ccc(CN(Cc2ccccc2)C(=O)C[NH2+]CC(C)C)s1. The second kappa shape index (κ2) is 8.85. The van der Waals surface area contributed by atoms with E-state index in [1.54, 1.807) is 11.3 Å². The Balaban J connectivity index is 2.02. The number of nitrogens with two attached hydrogens (primary N) is 1. The summed E-state index contributed by atoms with van der Waals surface area (Å²) in [4.78, 5) is 17.1. The zero-order chi connectivity index (χ0) is 16.7. The number of rotatable bonds is 8. The van der Waals surface area contributed by atoms with Gasteiger partial charge in [-0.1, -0.05) is 44.2 Å². The molecule has 1 aromatic carbocycles. The molecule has 4 heteroatoms. The summed E-state index contributed by atoms with van der Waals surface area (Å²) in [5.41, 5.74) is 1.18. The summed E-state index contributed by atoms with van der Waals surface area (Å²) >= 11 is 1.77. The molecule has 2 N–H and O–H groups in total. The second-order valence-corrected chi connectivity index (χ2v) is 7.74. The molecule has 0 saturated carbocycles. The zero-order valence-corrected chi connectivity index (χ0v) is 15.1. The first-order valence-electron chi connectivity index (χ1n) is 8.23. The second-order valence-electron chi connectivity index (χ2n) is 6.37. The lowest BCUT2D eigenvalue weighted by atomic mass is 10.2. The van der Waals surface area contributed by atoms with Gasteiger partial charge in [0.2, 0.25) is 0 Å². The van der Waals surface area contributed by atoms with Gasteiger partial charge in [-0.25, -0.2) is 0 Å². The lowest BCUT2D eigenvalue weighted by Crippen LogP contribution is -2.87. The quantitative estimate of drug-likeness (QED) is 0.793. The fourth-order valence-electron chi connectivity index (χ4n) is 2.46. The molecule has 1 amide bonds. The summed E-state index contributed by atoms with van der Waals surface area (Å²) in [7, 11) is 0. The van der Waals surface area contributed by atoms with Crippen LogP contribution >= 0.6 is 11.3 Å². The van der Waals surface area contributed by atoms with Crippen LogP contribution in [0.4, 0.5) is 0 Å². The molecule has 0 bridgehead atoms. The van der Waals surface area contributed by atoms with E-state index in [0.29, 0.717) is 25.6 Å². The highest BCUT2D eigenvalue weighted by Gasteiger charge is 2.17. The standard InChI is InChI=1S/C19H26N2OS/c1-15(2)11-20-12-19(22)21(13-17-7-5-4-6-8-17)14-18-10-9-16(3)23-18/h4-10,15,20H,11-14H2,1-3H3/p+1. The highest BCUT2D eigenvalue weighted by atomic mass is 32.1. The van der Waals surface area contributed by atoms with Crippen molar-refractivity contribution in [2.75, 3.05) is 13.1 Å². The van der Waals surface area contributed by atoms with Crippen molar-refractivity contribution in [3.63, 3.8) is 0 Å². The van der Waals surface area contributed by atoms with Crippen LogP contribution in [0, 0.1) is 12.8 Å². The Hall–Kier alpha value is -1.65. The zero-order valence-electron chi connectivity index (χ0n) is 14.3. The summed E-state index contributed by atoms with van der Waals surface area (Å²) in [5.74, 6) is 0.811. The highest BCUT2D eigenvalue weighted by Crippen LogP contribution is 2.18. The van der Waals surface area contributed by atoms with Crippen LogP contribution < -0.4 is 5.32 Å². The maximum Gasteiger partial charge on any atom is 0.278 e. The summed E-state index contributed by atoms with van der Waals surface area (Å²) in [5, 5.41) is 2.12. The summed E-state index contributed by atoms with van der Waals surface area (Å²) < 4.78 is 0. The van der Waals surface area contributed by atoms with Gasteiger partial charge in [0.1, 0.15) is 0 Å². The molecule has 1 aromatic heterocycles. The molecule has 0 spiro atoms. The molecule has 2 aromatic rings. The third kappa shape index (κ3) is 6.16. The normalized spacial score (nSPS) is 11.0. The number of carbonyl (C=O) groups excluding carboxylic acids is 1. The van der Waals surface area contributed by atoms with Crippen LogP contribution in [-0.2, 0) is 17.9 Å². The van der Waals surface area contributed by atoms with E-state index in [4.69, 9.17) is 0 Å². The Morgan fingerprint density at radius 2 is 1.87 bits per heavy atom. The fourth-order valence-corrected chi connectivity index (χ4v) is 3.37. The number of hydrogen-bond acceptors (Lipinski definition) is 2. The fraction of sp³-hybridized carbons (Fsp3) is 0.421. The van der Waals surface area contributed by atoms with E-state index in [2.05, 4.69) is 50.4 Å². The molecule has 124 valence electrons. The predicted octanol–water partition coefficient (Wildman–Crippen LogP) is 2.80. The summed E-state index contributed by atoms with van der Waals surface area (Å²) in [6.45, 7) is 9.34. The lowest BCUT2D eigenvalue weighted by Gasteiger charge is -2.22. The van der Waals surface area contributed by atoms with Gasteiger partial charge in [-0.05, 0) is 24.6 Å². The van der Waals surface area contributed by atoms with Crippen molar-refractivity contribution in [2.45, 2.75) is 33.9 Å². The van der Waals surface area contributed by atoms with E-state index in [1.165, 1.54) is 15.3 Å². The number of thiophene rings is 1. The molecule has 1 heterocycles. The molecule has 0 aliphatic carbocycles. The van der Waals surface area contributed by atoms with Crippen molar-refractivity contribution in [1.29, 1.82) is 0 Å². The lowest BCUT2D eigenvalue weighted by molar-refractivity contribution is -0.649. The first-order valence-corrected chi connectivity index (χ1v) is 9.05. The smallest absolute Gasteiger partial charge is 0.278 e. The van der Waals surface area contributed by atoms with E-state index in [1.807, 2.05) is 23.1 Å². The number of carbonyl (C=O) groups is 1. The molecule has 0 fully saturated rings. The number of benzene rings is 1. The van der Waals surface area contributed by atoms with Crippen molar-refractivity contribution < 1.29 is 10.1 Å². The van der Waals surface area contributed by atoms with Crippen LogP contribution in [0.3, 0.4) is 0 Å². The number of quaternary nitrogens is 1. The molecule has 0 aliphatic heterocycles. The van der Waals surface area contributed by atoms with Gasteiger partial charge in [0.15, 0.2) is 6.54 Å². The minimum absolute atomic E-state index is 0.209. The molecule has 0 aliphatic rings. The predicted molar refractivity (Wildman–Crippen MR) is 96.2 cm³/mol. The van der Waals surface area contributed by atoms with Gasteiger partial charge in [-0.2, -0.15) is 0 Å². The topological polar surface area (TPSA) is 36.9 Å². The van der Waals surface area contributed by atoms with Gasteiger partial charge in [0, 0.05) is 22.2 Å². The van der Waals surface area contributed by atoms with E-state index >= 15 is 0 Å². The highest BCUT2D eigenvalue weighted by molar-refractivity contribution is 7.11. The monoisotopic (exact) mass is 331 g/mol. The summed E-state index contributed by atoms with van der Waals surface area (Å²) in [6.07, 6.45) is 0. The van der Waals surface area contributed by atoms with Gasteiger partial charge < -0.3 is 10.2 Å². The van der Waals surface area contributed by atoms with E-state index in [0.717, 1.165) is 6.54 Å². The number of hydrogen-bond donors (Lipinski definition) is 1. The average Bonchev–Trinajstić information content (AvgIpc) is 2.92. The molecule has 23 heavy (non-hydrogen) atoms. The van der Waals surface area contributed by atoms with Crippen LogP contribution in [0.15, 0.2) is 42.5 Å². The first kappa shape index (κ1) is 17.7. The molecule has 3 nitrogen and oxygen atoms in total. The number of aryl methyl sites for hydroxylation is 1. The van der Waals surface area contributed by atoms with Crippen molar-refractivity contribution in [3.05, 3.63) is 57.8 Å². The third-order valence-corrected chi connectivity index (χ3v) is 4.65. The van der Waals surface area contributed by atoms with Gasteiger partial charge in [0.05, 0.1) is 13.1 Å². The largest absolute Gasteiger partial charge is 0.338 e. The Morgan fingerprint density at radius 3 is 2.48 bits per heavy atom. The van der Waals surface area contributed by atoms with E-state index in [-0.39, 0.29) is 5.91 Å². The van der Waals surface area contributed by atoms with Crippen LogP contribution in [0.2, 0.25) is 0 Å². The van der Waals surface area contributed by atoms with Crippen molar-refractivity contribution in [3.8, 4) is 0 Å². The Bertz CT molecular complexity index is 607. The number of nitrogens with zero attached hydrogens (tertiary/aromatic N) is 1. The minimum atomic E-state index is 0.209. The first-order chi connectivity index (χ1) is 11.0. The van der Waals surface area contributed by atoms with Crippen LogP contribution in [0.1, 0.15) is 29.2 Å². The van der Waals surface area contributed by atoms with Crippen molar-refractivity contribution >= 4 is 17.2 Å². The van der Waals surface area contributed by atoms with Gasteiger partial charge >= 0.3 is 0 Å². The van der Waals surface area contributed by atoms with Gasteiger partial charge in [0.25, 0.3) is 5.91 Å².